The SMILES string of the molecule is CC(C)(C)OC(=O)CCC(F)(F)Cl. The minimum absolute atomic E-state index is 0.367. The molecule has 0 unspecified atom stereocenters. The Morgan fingerprint density at radius 3 is 2.15 bits per heavy atom. The van der Waals surface area contributed by atoms with E-state index in [2.05, 4.69) is 11.6 Å². The Morgan fingerprint density at radius 2 is 1.85 bits per heavy atom. The lowest BCUT2D eigenvalue weighted by Gasteiger charge is -2.19. The van der Waals surface area contributed by atoms with E-state index in [0.717, 1.165) is 0 Å². The van der Waals surface area contributed by atoms with Gasteiger partial charge in [-0.05, 0) is 32.4 Å². The topological polar surface area (TPSA) is 26.3 Å². The van der Waals surface area contributed by atoms with Gasteiger partial charge in [0.05, 0.1) is 6.42 Å². The van der Waals surface area contributed by atoms with Gasteiger partial charge in [-0.25, -0.2) is 0 Å². The predicted octanol–water partition coefficient (Wildman–Crippen LogP) is 2.94. The third-order valence-electron chi connectivity index (χ3n) is 1.03. The van der Waals surface area contributed by atoms with Gasteiger partial charge in [-0.15, -0.1) is 0 Å². The number of hydrogen-bond acceptors (Lipinski definition) is 2. The van der Waals surface area contributed by atoms with Crippen LogP contribution in [0.5, 0.6) is 0 Å². The quantitative estimate of drug-likeness (QED) is 0.533. The van der Waals surface area contributed by atoms with E-state index in [1.165, 1.54) is 0 Å². The van der Waals surface area contributed by atoms with Crippen LogP contribution in [0, 0.1) is 0 Å². The van der Waals surface area contributed by atoms with Crippen LogP contribution in [-0.4, -0.2) is 17.0 Å². The third-order valence-corrected chi connectivity index (χ3v) is 1.22. The van der Waals surface area contributed by atoms with Gasteiger partial charge in [0.25, 0.3) is 0 Å². The van der Waals surface area contributed by atoms with Crippen molar-refractivity contribution in [2.75, 3.05) is 0 Å². The second-order valence-corrected chi connectivity index (χ2v) is 4.25. The van der Waals surface area contributed by atoms with Crippen LogP contribution in [0.2, 0.25) is 0 Å². The molecule has 0 heterocycles. The Bertz CT molecular complexity index is 182. The van der Waals surface area contributed by atoms with E-state index in [4.69, 9.17) is 4.74 Å². The molecular formula is C8H13ClF2O2. The minimum Gasteiger partial charge on any atom is -0.460 e. The Kier molecular flexibility index (Phi) is 4.10. The van der Waals surface area contributed by atoms with Crippen LogP contribution in [-0.2, 0) is 9.53 Å². The van der Waals surface area contributed by atoms with Crippen LogP contribution in [0.3, 0.4) is 0 Å². The van der Waals surface area contributed by atoms with Crippen molar-refractivity contribution in [2.24, 2.45) is 0 Å². The molecule has 5 heteroatoms. The van der Waals surface area contributed by atoms with E-state index in [1.807, 2.05) is 0 Å². The van der Waals surface area contributed by atoms with Crippen molar-refractivity contribution in [3.8, 4) is 0 Å². The highest BCUT2D eigenvalue weighted by Gasteiger charge is 2.27. The number of hydrogen-bond donors (Lipinski definition) is 0. The largest absolute Gasteiger partial charge is 0.460 e. The molecule has 0 saturated carbocycles. The smallest absolute Gasteiger partial charge is 0.322 e. The average molecular weight is 215 g/mol. The molecule has 13 heavy (non-hydrogen) atoms. The summed E-state index contributed by atoms with van der Waals surface area (Å²) in [6, 6.07) is 0. The van der Waals surface area contributed by atoms with Crippen molar-refractivity contribution >= 4 is 17.6 Å². The molecule has 78 valence electrons. The molecule has 0 rings (SSSR count). The fourth-order valence-electron chi connectivity index (χ4n) is 0.636. The van der Waals surface area contributed by atoms with Crippen LogP contribution in [0.15, 0.2) is 0 Å². The molecule has 0 aromatic heterocycles. The van der Waals surface area contributed by atoms with Crippen LogP contribution in [0.1, 0.15) is 33.6 Å². The summed E-state index contributed by atoms with van der Waals surface area (Å²) < 4.78 is 28.9. The molecule has 0 fully saturated rings. The highest BCUT2D eigenvalue weighted by Crippen LogP contribution is 2.25. The zero-order chi connectivity index (χ0) is 10.7. The summed E-state index contributed by atoms with van der Waals surface area (Å²) >= 11 is 4.61. The summed E-state index contributed by atoms with van der Waals surface area (Å²) in [5.74, 6) is -0.659. The van der Waals surface area contributed by atoms with Crippen molar-refractivity contribution in [3.05, 3.63) is 0 Å². The van der Waals surface area contributed by atoms with Crippen molar-refractivity contribution < 1.29 is 18.3 Å². The van der Waals surface area contributed by atoms with Gasteiger partial charge in [0.1, 0.15) is 5.60 Å². The lowest BCUT2D eigenvalue weighted by molar-refractivity contribution is -0.155. The highest BCUT2D eigenvalue weighted by molar-refractivity contribution is 6.21. The Balaban J connectivity index is 3.78. The zero-order valence-electron chi connectivity index (χ0n) is 7.86. The molecule has 0 aliphatic heterocycles. The van der Waals surface area contributed by atoms with Crippen molar-refractivity contribution in [3.63, 3.8) is 0 Å². The van der Waals surface area contributed by atoms with Crippen LogP contribution < -0.4 is 0 Å². The summed E-state index contributed by atoms with van der Waals surface area (Å²) in [7, 11) is 0. The second kappa shape index (κ2) is 4.22. The summed E-state index contributed by atoms with van der Waals surface area (Å²) in [6.07, 6.45) is -1.06. The van der Waals surface area contributed by atoms with Crippen LogP contribution in [0.25, 0.3) is 0 Å². The number of halogens is 3. The normalized spacial score (nSPS) is 12.8. The first-order chi connectivity index (χ1) is 5.60. The molecule has 0 aliphatic rings. The van der Waals surface area contributed by atoms with E-state index in [-0.39, 0.29) is 6.42 Å². The van der Waals surface area contributed by atoms with E-state index in [0.29, 0.717) is 0 Å². The van der Waals surface area contributed by atoms with Gasteiger partial charge in [0, 0.05) is 6.42 Å². The predicted molar refractivity (Wildman–Crippen MR) is 45.9 cm³/mol. The molecule has 0 saturated heterocycles. The molecule has 0 aromatic rings. The number of alkyl halides is 3. The molecule has 0 N–H and O–H groups in total. The van der Waals surface area contributed by atoms with Gasteiger partial charge >= 0.3 is 11.4 Å². The lowest BCUT2D eigenvalue weighted by atomic mass is 10.2. The molecule has 0 aromatic carbocycles. The summed E-state index contributed by atoms with van der Waals surface area (Å²) in [6.45, 7) is 5.01. The zero-order valence-corrected chi connectivity index (χ0v) is 8.62. The van der Waals surface area contributed by atoms with E-state index >= 15 is 0 Å². The van der Waals surface area contributed by atoms with Gasteiger partial charge in [-0.1, -0.05) is 0 Å². The van der Waals surface area contributed by atoms with Crippen molar-refractivity contribution in [1.82, 2.24) is 0 Å². The number of rotatable bonds is 3. The standard InChI is InChI=1S/C8H13ClF2O2/c1-7(2,3)13-6(12)4-5-8(9,10)11/h4-5H2,1-3H3. The Morgan fingerprint density at radius 1 is 1.38 bits per heavy atom. The maximum Gasteiger partial charge on any atom is 0.322 e. The molecule has 0 atom stereocenters. The molecule has 0 radical (unpaired) electrons. The fourth-order valence-corrected chi connectivity index (χ4v) is 0.731. The fraction of sp³-hybridized carbons (Fsp3) is 0.875. The van der Waals surface area contributed by atoms with Gasteiger partial charge in [0.2, 0.25) is 0 Å². The molecule has 0 amide bonds. The Hall–Kier alpha value is -0.380. The van der Waals surface area contributed by atoms with Gasteiger partial charge in [-0.2, -0.15) is 8.78 Å². The van der Waals surface area contributed by atoms with E-state index in [1.54, 1.807) is 20.8 Å². The number of esters is 1. The molecule has 0 aliphatic carbocycles. The van der Waals surface area contributed by atoms with Crippen molar-refractivity contribution in [1.29, 1.82) is 0 Å². The van der Waals surface area contributed by atoms with E-state index < -0.39 is 23.4 Å². The first-order valence-electron chi connectivity index (χ1n) is 3.89. The third kappa shape index (κ3) is 9.53. The highest BCUT2D eigenvalue weighted by atomic mass is 35.5. The first-order valence-corrected chi connectivity index (χ1v) is 4.26. The monoisotopic (exact) mass is 214 g/mol. The van der Waals surface area contributed by atoms with E-state index in [9.17, 15) is 13.6 Å². The molecule has 0 bridgehead atoms. The lowest BCUT2D eigenvalue weighted by Crippen LogP contribution is -2.24. The number of carbonyl (C=O) groups excluding carboxylic acids is 1. The van der Waals surface area contributed by atoms with Gasteiger partial charge < -0.3 is 4.74 Å². The molecule has 0 spiro atoms. The number of ether oxygens (including phenoxy) is 1. The van der Waals surface area contributed by atoms with Gasteiger partial charge in [0.15, 0.2) is 0 Å². The first kappa shape index (κ1) is 12.6. The summed E-state index contributed by atoms with van der Waals surface area (Å²) in [5, 5.41) is -3.32. The minimum atomic E-state index is -3.32. The van der Waals surface area contributed by atoms with Crippen LogP contribution >= 0.6 is 11.6 Å². The average Bonchev–Trinajstić information content (AvgIpc) is 1.78. The maximum atomic E-state index is 12.1. The molecule has 2 nitrogen and oxygen atoms in total. The van der Waals surface area contributed by atoms with Crippen LogP contribution in [0.4, 0.5) is 8.78 Å². The Labute approximate surface area is 81.2 Å². The number of carbonyl (C=O) groups is 1. The summed E-state index contributed by atoms with van der Waals surface area (Å²) in [4.78, 5) is 10.9. The molecular weight excluding hydrogens is 202 g/mol. The van der Waals surface area contributed by atoms with Crippen molar-refractivity contribution in [2.45, 2.75) is 44.6 Å². The second-order valence-electron chi connectivity index (χ2n) is 3.70. The maximum absolute atomic E-state index is 12.1. The van der Waals surface area contributed by atoms with Gasteiger partial charge in [-0.3, -0.25) is 4.79 Å². The summed E-state index contributed by atoms with van der Waals surface area (Å²) in [5.41, 5.74) is -0.640.